The minimum absolute atomic E-state index is 0.0509. The van der Waals surface area contributed by atoms with Crippen LogP contribution in [0, 0.1) is 5.82 Å². The fourth-order valence-corrected chi connectivity index (χ4v) is 4.32. The van der Waals surface area contributed by atoms with Gasteiger partial charge in [0.05, 0.1) is 17.3 Å². The SMILES string of the molecule is CCN(CC(=O)O)C1CC(NS(=O)(=O)Cc2ccc(Cl)c(F)c2)C1. The van der Waals surface area contributed by atoms with Crippen molar-refractivity contribution in [3.8, 4) is 0 Å². The van der Waals surface area contributed by atoms with Gasteiger partial charge in [0.25, 0.3) is 0 Å². The highest BCUT2D eigenvalue weighted by atomic mass is 35.5. The second-order valence-electron chi connectivity index (χ2n) is 5.90. The molecule has 0 spiro atoms. The number of rotatable bonds is 8. The van der Waals surface area contributed by atoms with Gasteiger partial charge in [0.1, 0.15) is 5.82 Å². The first-order chi connectivity index (χ1) is 11.2. The summed E-state index contributed by atoms with van der Waals surface area (Å²) in [6.07, 6.45) is 1.13. The second-order valence-corrected chi connectivity index (χ2v) is 8.07. The zero-order valence-corrected chi connectivity index (χ0v) is 14.8. The largest absolute Gasteiger partial charge is 0.480 e. The summed E-state index contributed by atoms with van der Waals surface area (Å²) in [5.41, 5.74) is 0.321. The highest BCUT2D eigenvalue weighted by Crippen LogP contribution is 2.26. The van der Waals surface area contributed by atoms with Gasteiger partial charge in [0.15, 0.2) is 0 Å². The van der Waals surface area contributed by atoms with E-state index < -0.39 is 21.8 Å². The number of hydrogen-bond donors (Lipinski definition) is 2. The minimum Gasteiger partial charge on any atom is -0.480 e. The third-order valence-corrected chi connectivity index (χ3v) is 5.77. The highest BCUT2D eigenvalue weighted by Gasteiger charge is 2.35. The maximum atomic E-state index is 13.4. The van der Waals surface area contributed by atoms with E-state index in [1.54, 1.807) is 0 Å². The fraction of sp³-hybridized carbons (Fsp3) is 0.533. The molecular formula is C15H20ClFN2O4S. The predicted molar refractivity (Wildman–Crippen MR) is 88.9 cm³/mol. The Morgan fingerprint density at radius 3 is 2.67 bits per heavy atom. The van der Waals surface area contributed by atoms with E-state index in [1.807, 2.05) is 11.8 Å². The van der Waals surface area contributed by atoms with Crippen molar-refractivity contribution in [3.05, 3.63) is 34.6 Å². The Morgan fingerprint density at radius 2 is 2.12 bits per heavy atom. The van der Waals surface area contributed by atoms with E-state index in [0.29, 0.717) is 24.9 Å². The number of likely N-dealkylation sites (N-methyl/N-ethyl adjacent to an activating group) is 1. The third kappa shape index (κ3) is 5.14. The number of aliphatic carboxylic acids is 1. The molecule has 0 radical (unpaired) electrons. The Labute approximate surface area is 145 Å². The normalized spacial score (nSPS) is 20.8. The molecule has 6 nitrogen and oxygen atoms in total. The van der Waals surface area contributed by atoms with Crippen molar-refractivity contribution in [2.45, 2.75) is 37.6 Å². The topological polar surface area (TPSA) is 86.7 Å². The number of carboxylic acids is 1. The van der Waals surface area contributed by atoms with Gasteiger partial charge in [-0.3, -0.25) is 9.69 Å². The summed E-state index contributed by atoms with van der Waals surface area (Å²) in [7, 11) is -3.60. The van der Waals surface area contributed by atoms with Crippen LogP contribution in [0.4, 0.5) is 4.39 Å². The molecule has 0 unspecified atom stereocenters. The molecule has 0 aromatic heterocycles. The Bertz CT molecular complexity index is 707. The van der Waals surface area contributed by atoms with E-state index >= 15 is 0 Å². The van der Waals surface area contributed by atoms with E-state index in [9.17, 15) is 17.6 Å². The van der Waals surface area contributed by atoms with Crippen LogP contribution in [-0.2, 0) is 20.6 Å². The summed E-state index contributed by atoms with van der Waals surface area (Å²) in [6.45, 7) is 2.42. The molecule has 0 amide bonds. The van der Waals surface area contributed by atoms with Gasteiger partial charge in [0.2, 0.25) is 10.0 Å². The van der Waals surface area contributed by atoms with Crippen LogP contribution in [0.15, 0.2) is 18.2 Å². The number of nitrogens with one attached hydrogen (secondary N) is 1. The number of nitrogens with zero attached hydrogens (tertiary/aromatic N) is 1. The molecule has 1 fully saturated rings. The van der Waals surface area contributed by atoms with E-state index in [-0.39, 0.29) is 29.4 Å². The minimum atomic E-state index is -3.60. The van der Waals surface area contributed by atoms with Gasteiger partial charge in [-0.25, -0.2) is 17.5 Å². The molecule has 1 aliphatic rings. The van der Waals surface area contributed by atoms with E-state index in [2.05, 4.69) is 4.72 Å². The molecule has 9 heteroatoms. The lowest BCUT2D eigenvalue weighted by molar-refractivity contribution is -0.139. The molecule has 1 aromatic carbocycles. The Morgan fingerprint density at radius 1 is 1.46 bits per heavy atom. The van der Waals surface area contributed by atoms with E-state index in [1.165, 1.54) is 12.1 Å². The number of sulfonamides is 1. The van der Waals surface area contributed by atoms with Gasteiger partial charge in [0, 0.05) is 12.1 Å². The first kappa shape index (κ1) is 19.1. The average molecular weight is 379 g/mol. The van der Waals surface area contributed by atoms with Crippen LogP contribution < -0.4 is 4.72 Å². The van der Waals surface area contributed by atoms with Crippen molar-refractivity contribution < 1.29 is 22.7 Å². The monoisotopic (exact) mass is 378 g/mol. The van der Waals surface area contributed by atoms with Gasteiger partial charge >= 0.3 is 5.97 Å². The molecule has 0 bridgehead atoms. The van der Waals surface area contributed by atoms with Crippen molar-refractivity contribution in [2.75, 3.05) is 13.1 Å². The van der Waals surface area contributed by atoms with E-state index in [4.69, 9.17) is 16.7 Å². The Balaban J connectivity index is 1.87. The van der Waals surface area contributed by atoms with E-state index in [0.717, 1.165) is 6.07 Å². The molecular weight excluding hydrogens is 359 g/mol. The fourth-order valence-electron chi connectivity index (χ4n) is 2.80. The summed E-state index contributed by atoms with van der Waals surface area (Å²) in [5.74, 6) is -1.87. The Hall–Kier alpha value is -1.22. The zero-order valence-electron chi connectivity index (χ0n) is 13.2. The summed E-state index contributed by atoms with van der Waals surface area (Å²) >= 11 is 5.58. The molecule has 0 aliphatic heterocycles. The standard InChI is InChI=1S/C15H20ClFN2O4S/c1-2-19(8-15(20)21)12-6-11(7-12)18-24(22,23)9-10-3-4-13(16)14(17)5-10/h3-5,11-12,18H,2,6-9H2,1H3,(H,20,21). The highest BCUT2D eigenvalue weighted by molar-refractivity contribution is 7.88. The molecule has 0 saturated heterocycles. The first-order valence-electron chi connectivity index (χ1n) is 7.60. The van der Waals surface area contributed by atoms with Crippen molar-refractivity contribution >= 4 is 27.6 Å². The number of halogens is 2. The van der Waals surface area contributed by atoms with Gasteiger partial charge in [-0.05, 0) is 37.1 Å². The number of benzene rings is 1. The number of carbonyl (C=O) groups is 1. The van der Waals surface area contributed by atoms with Crippen LogP contribution in [0.5, 0.6) is 0 Å². The molecule has 0 atom stereocenters. The van der Waals surface area contributed by atoms with Crippen LogP contribution >= 0.6 is 11.6 Å². The summed E-state index contributed by atoms with van der Waals surface area (Å²) < 4.78 is 40.3. The van der Waals surface area contributed by atoms with Crippen molar-refractivity contribution in [1.29, 1.82) is 0 Å². The molecule has 1 aliphatic carbocycles. The lowest BCUT2D eigenvalue weighted by atomic mass is 9.86. The molecule has 1 aromatic rings. The van der Waals surface area contributed by atoms with Crippen LogP contribution in [0.1, 0.15) is 25.3 Å². The Kier molecular flexibility index (Phi) is 6.19. The predicted octanol–water partition coefficient (Wildman–Crippen LogP) is 1.84. The molecule has 2 rings (SSSR count). The number of hydrogen-bond acceptors (Lipinski definition) is 4. The second kappa shape index (κ2) is 7.77. The van der Waals surface area contributed by atoms with Crippen LogP contribution in [0.25, 0.3) is 0 Å². The molecule has 1 saturated carbocycles. The van der Waals surface area contributed by atoms with Gasteiger partial charge < -0.3 is 5.11 Å². The smallest absolute Gasteiger partial charge is 0.317 e. The van der Waals surface area contributed by atoms with Crippen molar-refractivity contribution in [1.82, 2.24) is 9.62 Å². The van der Waals surface area contributed by atoms with Crippen molar-refractivity contribution in [3.63, 3.8) is 0 Å². The van der Waals surface area contributed by atoms with Gasteiger partial charge in [-0.1, -0.05) is 24.6 Å². The van der Waals surface area contributed by atoms with Crippen LogP contribution in [0.3, 0.4) is 0 Å². The quantitative estimate of drug-likeness (QED) is 0.720. The molecule has 2 N–H and O–H groups in total. The summed E-state index contributed by atoms with van der Waals surface area (Å²) in [4.78, 5) is 12.6. The molecule has 24 heavy (non-hydrogen) atoms. The average Bonchev–Trinajstić information content (AvgIpc) is 2.43. The van der Waals surface area contributed by atoms with Gasteiger partial charge in [-0.15, -0.1) is 0 Å². The summed E-state index contributed by atoms with van der Waals surface area (Å²) in [5, 5.41) is 8.80. The van der Waals surface area contributed by atoms with Crippen LogP contribution in [-0.4, -0.2) is 49.6 Å². The lowest BCUT2D eigenvalue weighted by Gasteiger charge is -2.42. The maximum Gasteiger partial charge on any atom is 0.317 e. The molecule has 134 valence electrons. The zero-order chi connectivity index (χ0) is 17.9. The first-order valence-corrected chi connectivity index (χ1v) is 9.63. The molecule has 0 heterocycles. The van der Waals surface area contributed by atoms with Crippen LogP contribution in [0.2, 0.25) is 5.02 Å². The third-order valence-electron chi connectivity index (χ3n) is 4.06. The van der Waals surface area contributed by atoms with Crippen molar-refractivity contribution in [2.24, 2.45) is 0 Å². The number of carboxylic acid groups (broad SMARTS) is 1. The maximum absolute atomic E-state index is 13.4. The van der Waals surface area contributed by atoms with Gasteiger partial charge in [-0.2, -0.15) is 0 Å². The lowest BCUT2D eigenvalue weighted by Crippen LogP contribution is -2.54. The summed E-state index contributed by atoms with van der Waals surface area (Å²) in [6, 6.07) is 3.75.